The molecule has 0 aromatic heterocycles. The van der Waals surface area contributed by atoms with E-state index in [1.54, 1.807) is 6.07 Å². The van der Waals surface area contributed by atoms with Gasteiger partial charge in [-0.05, 0) is 48.4 Å². The lowest BCUT2D eigenvalue weighted by Gasteiger charge is -2.45. The predicted octanol–water partition coefficient (Wildman–Crippen LogP) is 2.01. The highest BCUT2D eigenvalue weighted by Gasteiger charge is 2.59. The lowest BCUT2D eigenvalue weighted by atomic mass is 9.60. The number of carbonyl (C=O) groups is 3. The Balaban J connectivity index is 1.72. The Bertz CT molecular complexity index is 1420. The highest BCUT2D eigenvalue weighted by molar-refractivity contribution is 6.24. The van der Waals surface area contributed by atoms with Gasteiger partial charge in [0.25, 0.3) is 5.91 Å². The number of hydrogen-bond donors (Lipinski definition) is 6. The van der Waals surface area contributed by atoms with Crippen LogP contribution in [0.3, 0.4) is 0 Å². The van der Waals surface area contributed by atoms with Crippen molar-refractivity contribution in [1.82, 2.24) is 0 Å². The molecule has 9 nitrogen and oxygen atoms in total. The van der Waals surface area contributed by atoms with E-state index in [-0.39, 0.29) is 42.7 Å². The van der Waals surface area contributed by atoms with Crippen molar-refractivity contribution in [3.63, 3.8) is 0 Å². The lowest BCUT2D eigenvalue weighted by Crippen LogP contribution is -2.57. The standard InChI is InChI=1S/C27H26N2O7/c1-11-2-4-12(5-3-11)16-8-14(10-28)22(31)20-17(16)7-13-6-15-9-18(30)21(26(29)35)25(34)27(15,36)24(33)19(13)23(20)32/h2-5,8,13,15,30-31,33,36H,6-7,9-10,28H2,1H3,(H2,29,35)/t13-,15+,27+/m1/s1. The van der Waals surface area contributed by atoms with Crippen LogP contribution in [0.4, 0.5) is 0 Å². The largest absolute Gasteiger partial charge is 0.511 e. The SMILES string of the molecule is Cc1ccc(-c2cc(CN)c(O)c3c2C[C@H]2C[C@H]4CC(O)=C(C(N)=O)C(=O)[C@@]4(O)C(O)=C2C3=O)cc1. The molecule has 1 amide bonds. The van der Waals surface area contributed by atoms with Crippen LogP contribution >= 0.6 is 0 Å². The molecule has 9 heteroatoms. The summed E-state index contributed by atoms with van der Waals surface area (Å²) in [6.07, 6.45) is 0.0449. The molecule has 5 rings (SSSR count). The Morgan fingerprint density at radius 3 is 2.39 bits per heavy atom. The Kier molecular flexibility index (Phi) is 5.31. The van der Waals surface area contributed by atoms with Gasteiger partial charge in [0.05, 0.1) is 5.56 Å². The van der Waals surface area contributed by atoms with E-state index < -0.39 is 52.0 Å². The topological polar surface area (TPSA) is 184 Å². The first-order chi connectivity index (χ1) is 17.0. The van der Waals surface area contributed by atoms with Crippen LogP contribution in [0.5, 0.6) is 5.75 Å². The number of aliphatic hydroxyl groups is 3. The molecule has 3 aliphatic rings. The Hall–Kier alpha value is -3.95. The van der Waals surface area contributed by atoms with Crippen molar-refractivity contribution in [2.45, 2.75) is 38.3 Å². The lowest BCUT2D eigenvalue weighted by molar-refractivity contribution is -0.144. The summed E-state index contributed by atoms with van der Waals surface area (Å²) >= 11 is 0. The molecule has 0 radical (unpaired) electrons. The number of Topliss-reactive ketones (excluding diaryl/α,β-unsaturated/α-hetero) is 2. The molecule has 3 aliphatic carbocycles. The molecule has 186 valence electrons. The fourth-order valence-corrected chi connectivity index (χ4v) is 5.89. The van der Waals surface area contributed by atoms with Crippen LogP contribution in [0.2, 0.25) is 0 Å². The smallest absolute Gasteiger partial charge is 0.255 e. The minimum absolute atomic E-state index is 0.0369. The number of phenolic OH excluding ortho intramolecular Hbond substituents is 1. The zero-order valence-corrected chi connectivity index (χ0v) is 19.5. The molecule has 3 atom stereocenters. The number of benzene rings is 2. The van der Waals surface area contributed by atoms with Crippen LogP contribution in [-0.4, -0.2) is 43.5 Å². The first-order valence-corrected chi connectivity index (χ1v) is 11.6. The van der Waals surface area contributed by atoms with Gasteiger partial charge < -0.3 is 31.9 Å². The second kappa shape index (κ2) is 8.04. The van der Waals surface area contributed by atoms with Gasteiger partial charge in [-0.2, -0.15) is 0 Å². The van der Waals surface area contributed by atoms with E-state index in [4.69, 9.17) is 11.5 Å². The summed E-state index contributed by atoms with van der Waals surface area (Å²) < 4.78 is 0. The summed E-state index contributed by atoms with van der Waals surface area (Å²) in [5.41, 5.74) is 11.0. The van der Waals surface area contributed by atoms with E-state index in [1.807, 2.05) is 31.2 Å². The van der Waals surface area contributed by atoms with Crippen molar-refractivity contribution < 1.29 is 34.8 Å². The Morgan fingerprint density at radius 1 is 1.11 bits per heavy atom. The number of aliphatic hydroxyl groups excluding tert-OH is 2. The number of carbonyl (C=O) groups excluding carboxylic acids is 3. The minimum Gasteiger partial charge on any atom is -0.511 e. The van der Waals surface area contributed by atoms with Crippen molar-refractivity contribution in [1.29, 1.82) is 0 Å². The van der Waals surface area contributed by atoms with E-state index in [9.17, 15) is 34.8 Å². The average molecular weight is 491 g/mol. The maximum Gasteiger partial charge on any atom is 0.255 e. The highest BCUT2D eigenvalue weighted by atomic mass is 16.3. The molecule has 36 heavy (non-hydrogen) atoms. The summed E-state index contributed by atoms with van der Waals surface area (Å²) in [5, 5.41) is 43.8. The van der Waals surface area contributed by atoms with Crippen LogP contribution in [0, 0.1) is 18.8 Å². The number of nitrogens with two attached hydrogens (primary N) is 2. The molecule has 0 unspecified atom stereocenters. The molecule has 0 spiro atoms. The van der Waals surface area contributed by atoms with Crippen molar-refractivity contribution in [2.24, 2.45) is 23.3 Å². The molecule has 2 aromatic rings. The molecular weight excluding hydrogens is 464 g/mol. The molecular formula is C27H26N2O7. The van der Waals surface area contributed by atoms with Crippen molar-refractivity contribution in [3.8, 4) is 16.9 Å². The zero-order valence-electron chi connectivity index (χ0n) is 19.5. The van der Waals surface area contributed by atoms with Gasteiger partial charge in [0.1, 0.15) is 22.8 Å². The number of ketones is 2. The van der Waals surface area contributed by atoms with Crippen LogP contribution in [-0.2, 0) is 22.6 Å². The summed E-state index contributed by atoms with van der Waals surface area (Å²) in [4.78, 5) is 38.6. The third-order valence-electron chi connectivity index (χ3n) is 7.72. The molecule has 0 heterocycles. The number of aromatic hydroxyl groups is 1. The van der Waals surface area contributed by atoms with Crippen LogP contribution in [0.15, 0.2) is 53.0 Å². The number of primary amides is 1. The van der Waals surface area contributed by atoms with Gasteiger partial charge in [0.15, 0.2) is 11.4 Å². The third-order valence-corrected chi connectivity index (χ3v) is 7.72. The second-order valence-electron chi connectivity index (χ2n) is 9.77. The third kappa shape index (κ3) is 3.13. The number of allylic oxidation sites excluding steroid dienone is 2. The maximum atomic E-state index is 13.8. The highest BCUT2D eigenvalue weighted by Crippen LogP contribution is 2.52. The summed E-state index contributed by atoms with van der Waals surface area (Å²) in [5.74, 6) is -6.51. The number of fused-ring (bicyclic) bond motifs is 3. The quantitative estimate of drug-likeness (QED) is 0.353. The van der Waals surface area contributed by atoms with Crippen molar-refractivity contribution in [2.75, 3.05) is 0 Å². The number of hydrogen-bond acceptors (Lipinski definition) is 8. The van der Waals surface area contributed by atoms with Gasteiger partial charge in [-0.1, -0.05) is 29.8 Å². The molecule has 0 aliphatic heterocycles. The Labute approximate surface area is 206 Å². The average Bonchev–Trinajstić information content (AvgIpc) is 2.82. The minimum atomic E-state index is -2.59. The van der Waals surface area contributed by atoms with Crippen molar-refractivity contribution >= 4 is 17.5 Å². The first-order valence-electron chi connectivity index (χ1n) is 11.6. The molecule has 0 saturated heterocycles. The monoisotopic (exact) mass is 490 g/mol. The first kappa shape index (κ1) is 23.8. The van der Waals surface area contributed by atoms with Crippen molar-refractivity contribution in [3.05, 3.63) is 75.3 Å². The van der Waals surface area contributed by atoms with E-state index in [1.165, 1.54) is 0 Å². The molecule has 0 saturated carbocycles. The van der Waals surface area contributed by atoms with E-state index in [0.717, 1.165) is 16.7 Å². The van der Waals surface area contributed by atoms with Crippen LogP contribution in [0.1, 0.15) is 39.9 Å². The molecule has 2 aromatic carbocycles. The predicted molar refractivity (Wildman–Crippen MR) is 129 cm³/mol. The van der Waals surface area contributed by atoms with Crippen LogP contribution in [0.25, 0.3) is 11.1 Å². The molecule has 0 fully saturated rings. The second-order valence-corrected chi connectivity index (χ2v) is 9.77. The maximum absolute atomic E-state index is 13.8. The summed E-state index contributed by atoms with van der Waals surface area (Å²) in [6.45, 7) is 1.91. The summed E-state index contributed by atoms with van der Waals surface area (Å²) in [6, 6.07) is 9.42. The fraction of sp³-hybridized carbons (Fsp3) is 0.296. The van der Waals surface area contributed by atoms with E-state index in [2.05, 4.69) is 0 Å². The molecule has 8 N–H and O–H groups in total. The van der Waals surface area contributed by atoms with Crippen LogP contribution < -0.4 is 11.5 Å². The van der Waals surface area contributed by atoms with Gasteiger partial charge in [0.2, 0.25) is 5.78 Å². The summed E-state index contributed by atoms with van der Waals surface area (Å²) in [7, 11) is 0. The normalized spacial score (nSPS) is 25.4. The number of phenols is 1. The zero-order chi connectivity index (χ0) is 26.1. The molecule has 0 bridgehead atoms. The number of aryl methyl sites for hydroxylation is 1. The fourth-order valence-electron chi connectivity index (χ4n) is 5.89. The van der Waals surface area contributed by atoms with Gasteiger partial charge >= 0.3 is 0 Å². The van der Waals surface area contributed by atoms with Gasteiger partial charge in [-0.15, -0.1) is 0 Å². The van der Waals surface area contributed by atoms with Gasteiger partial charge in [0, 0.05) is 30.0 Å². The van der Waals surface area contributed by atoms with Gasteiger partial charge in [-0.3, -0.25) is 14.4 Å². The van der Waals surface area contributed by atoms with Gasteiger partial charge in [-0.25, -0.2) is 0 Å². The number of amides is 1. The number of rotatable bonds is 3. The van der Waals surface area contributed by atoms with E-state index >= 15 is 0 Å². The van der Waals surface area contributed by atoms with E-state index in [0.29, 0.717) is 11.1 Å². The Morgan fingerprint density at radius 2 is 1.78 bits per heavy atom.